The van der Waals surface area contributed by atoms with E-state index in [1.54, 1.807) is 32.2 Å². The van der Waals surface area contributed by atoms with Gasteiger partial charge in [0, 0.05) is 23.5 Å². The maximum absolute atomic E-state index is 13.3. The van der Waals surface area contributed by atoms with Crippen LogP contribution in [-0.4, -0.2) is 39.9 Å². The van der Waals surface area contributed by atoms with Crippen LogP contribution < -0.4 is 10.9 Å². The molecule has 9 heteroatoms. The van der Waals surface area contributed by atoms with Crippen molar-refractivity contribution in [1.82, 2.24) is 14.5 Å². The number of anilines is 2. The lowest BCUT2D eigenvalue weighted by atomic mass is 9.98. The van der Waals surface area contributed by atoms with Crippen LogP contribution in [0.2, 0.25) is 0 Å². The Bertz CT molecular complexity index is 1420. The molecule has 2 N–H and O–H groups in total. The highest BCUT2D eigenvalue weighted by Gasteiger charge is 2.40. The molecule has 4 rings (SSSR count). The van der Waals surface area contributed by atoms with Gasteiger partial charge in [-0.2, -0.15) is 4.98 Å². The molecular weight excluding hydrogens is 428 g/mol. The summed E-state index contributed by atoms with van der Waals surface area (Å²) in [5.74, 6) is 2.72. The number of aliphatic hydroxyl groups is 1. The molecule has 3 aromatic rings. The molecule has 0 unspecified atom stereocenters. The standard InChI is InChI=1S/C23H24N4O4S/c1-5-17-14(2)18-13-24-22(25-15-8-10-16(11-9-15)32(4,30)31)26-20(18)27(21(17)28)19-7-6-12-23(19,3)29/h1,8-11,13,19,29H,6-7,12H2,2-4H3,(H,24,25,26)/t19-,23-/m1/s1. The molecule has 2 heterocycles. The largest absolute Gasteiger partial charge is 0.388 e. The molecule has 2 aromatic heterocycles. The van der Waals surface area contributed by atoms with Crippen molar-refractivity contribution in [1.29, 1.82) is 0 Å². The Labute approximate surface area is 186 Å². The molecule has 8 nitrogen and oxygen atoms in total. The predicted octanol–water partition coefficient (Wildman–Crippen LogP) is 2.70. The van der Waals surface area contributed by atoms with E-state index in [4.69, 9.17) is 6.42 Å². The fourth-order valence-electron chi connectivity index (χ4n) is 4.30. The second kappa shape index (κ2) is 7.73. The zero-order valence-electron chi connectivity index (χ0n) is 18.1. The summed E-state index contributed by atoms with van der Waals surface area (Å²) in [5.41, 5.74) is 0.426. The second-order valence-corrected chi connectivity index (χ2v) is 10.5. The van der Waals surface area contributed by atoms with Crippen molar-refractivity contribution in [2.75, 3.05) is 11.6 Å². The number of aromatic nitrogens is 3. The number of aryl methyl sites for hydroxylation is 1. The minimum Gasteiger partial charge on any atom is -0.388 e. The lowest BCUT2D eigenvalue weighted by Gasteiger charge is -2.29. The molecule has 2 atom stereocenters. The highest BCUT2D eigenvalue weighted by molar-refractivity contribution is 7.90. The van der Waals surface area contributed by atoms with Crippen LogP contribution in [-0.2, 0) is 9.84 Å². The summed E-state index contributed by atoms with van der Waals surface area (Å²) in [5, 5.41) is 14.6. The molecule has 1 aliphatic carbocycles. The third-order valence-electron chi connectivity index (χ3n) is 6.08. The number of fused-ring (bicyclic) bond motifs is 1. The van der Waals surface area contributed by atoms with Crippen molar-refractivity contribution in [2.45, 2.75) is 49.6 Å². The van der Waals surface area contributed by atoms with Gasteiger partial charge < -0.3 is 10.4 Å². The van der Waals surface area contributed by atoms with E-state index in [1.807, 2.05) is 0 Å². The van der Waals surface area contributed by atoms with Crippen molar-refractivity contribution in [3.8, 4) is 12.3 Å². The minimum atomic E-state index is -3.30. The van der Waals surface area contributed by atoms with Crippen LogP contribution in [0.1, 0.15) is 43.4 Å². The average Bonchev–Trinajstić information content (AvgIpc) is 3.07. The normalized spacial score (nSPS) is 20.9. The van der Waals surface area contributed by atoms with Gasteiger partial charge in [-0.05, 0) is 62.9 Å². The van der Waals surface area contributed by atoms with Gasteiger partial charge in [-0.15, -0.1) is 6.42 Å². The molecule has 1 fully saturated rings. The summed E-state index contributed by atoms with van der Waals surface area (Å²) in [6.45, 7) is 3.48. The number of sulfone groups is 1. The summed E-state index contributed by atoms with van der Waals surface area (Å²) in [6.07, 6.45) is 10.4. The summed E-state index contributed by atoms with van der Waals surface area (Å²) >= 11 is 0. The van der Waals surface area contributed by atoms with E-state index in [2.05, 4.69) is 21.2 Å². The van der Waals surface area contributed by atoms with E-state index >= 15 is 0 Å². The zero-order valence-corrected chi connectivity index (χ0v) is 18.9. The third kappa shape index (κ3) is 3.76. The Morgan fingerprint density at radius 2 is 2.00 bits per heavy atom. The smallest absolute Gasteiger partial charge is 0.268 e. The van der Waals surface area contributed by atoms with Crippen molar-refractivity contribution in [3.05, 3.63) is 51.9 Å². The quantitative estimate of drug-likeness (QED) is 0.585. The maximum Gasteiger partial charge on any atom is 0.268 e. The SMILES string of the molecule is C#Cc1c(C)c2cnc(Nc3ccc(S(C)(=O)=O)cc3)nc2n([C@@H]2CCC[C@@]2(C)O)c1=O. The summed E-state index contributed by atoms with van der Waals surface area (Å²) in [6, 6.07) is 5.76. The van der Waals surface area contributed by atoms with Crippen LogP contribution in [0.15, 0.2) is 40.2 Å². The zero-order chi connectivity index (χ0) is 23.3. The molecule has 1 aromatic carbocycles. The number of hydrogen-bond donors (Lipinski definition) is 2. The fraction of sp³-hybridized carbons (Fsp3) is 0.348. The molecule has 1 aliphatic rings. The molecule has 32 heavy (non-hydrogen) atoms. The predicted molar refractivity (Wildman–Crippen MR) is 123 cm³/mol. The lowest BCUT2D eigenvalue weighted by Crippen LogP contribution is -2.38. The first-order valence-electron chi connectivity index (χ1n) is 10.2. The maximum atomic E-state index is 13.3. The van der Waals surface area contributed by atoms with Gasteiger partial charge in [0.15, 0.2) is 9.84 Å². The van der Waals surface area contributed by atoms with Crippen LogP contribution in [0.4, 0.5) is 11.6 Å². The van der Waals surface area contributed by atoms with Gasteiger partial charge in [0.1, 0.15) is 5.65 Å². The number of benzene rings is 1. The van der Waals surface area contributed by atoms with Crippen LogP contribution >= 0.6 is 0 Å². The Morgan fingerprint density at radius 3 is 2.56 bits per heavy atom. The van der Waals surface area contributed by atoms with Crippen LogP contribution in [0.3, 0.4) is 0 Å². The van der Waals surface area contributed by atoms with Gasteiger partial charge in [-0.1, -0.05) is 5.92 Å². The first-order chi connectivity index (χ1) is 15.0. The molecule has 0 bridgehead atoms. The number of nitrogens with one attached hydrogen (secondary N) is 1. The third-order valence-corrected chi connectivity index (χ3v) is 7.21. The number of nitrogens with zero attached hydrogens (tertiary/aromatic N) is 3. The van der Waals surface area contributed by atoms with Crippen molar-refractivity contribution in [3.63, 3.8) is 0 Å². The Morgan fingerprint density at radius 1 is 1.31 bits per heavy atom. The molecule has 1 saturated carbocycles. The summed E-state index contributed by atoms with van der Waals surface area (Å²) in [7, 11) is -3.30. The molecule has 166 valence electrons. The Hall–Kier alpha value is -3.22. The highest BCUT2D eigenvalue weighted by atomic mass is 32.2. The minimum absolute atomic E-state index is 0.206. The molecule has 0 saturated heterocycles. The fourth-order valence-corrected chi connectivity index (χ4v) is 4.94. The average molecular weight is 453 g/mol. The first-order valence-corrected chi connectivity index (χ1v) is 12.1. The Kier molecular flexibility index (Phi) is 5.31. The summed E-state index contributed by atoms with van der Waals surface area (Å²) < 4.78 is 24.8. The molecule has 0 amide bonds. The van der Waals surface area contributed by atoms with E-state index in [9.17, 15) is 18.3 Å². The van der Waals surface area contributed by atoms with E-state index < -0.39 is 21.5 Å². The van der Waals surface area contributed by atoms with Gasteiger partial charge in [-0.3, -0.25) is 9.36 Å². The molecule has 0 radical (unpaired) electrons. The van der Waals surface area contributed by atoms with E-state index in [0.29, 0.717) is 35.1 Å². The number of rotatable bonds is 4. The topological polar surface area (TPSA) is 114 Å². The van der Waals surface area contributed by atoms with Crippen molar-refractivity contribution in [2.24, 2.45) is 0 Å². The van der Waals surface area contributed by atoms with Gasteiger partial charge in [0.2, 0.25) is 5.95 Å². The van der Waals surface area contributed by atoms with E-state index in [-0.39, 0.29) is 22.0 Å². The van der Waals surface area contributed by atoms with Gasteiger partial charge in [0.05, 0.1) is 22.1 Å². The molecule has 0 spiro atoms. The second-order valence-electron chi connectivity index (χ2n) is 8.44. The molecule has 0 aliphatic heterocycles. The Balaban J connectivity index is 1.85. The number of hydrogen-bond acceptors (Lipinski definition) is 7. The van der Waals surface area contributed by atoms with E-state index in [0.717, 1.165) is 12.7 Å². The monoisotopic (exact) mass is 452 g/mol. The van der Waals surface area contributed by atoms with Crippen LogP contribution in [0.25, 0.3) is 11.0 Å². The van der Waals surface area contributed by atoms with Gasteiger partial charge in [-0.25, -0.2) is 13.4 Å². The van der Waals surface area contributed by atoms with Crippen molar-refractivity contribution < 1.29 is 13.5 Å². The van der Waals surface area contributed by atoms with Gasteiger partial charge in [0.25, 0.3) is 5.56 Å². The van der Waals surface area contributed by atoms with Crippen LogP contribution in [0.5, 0.6) is 0 Å². The molecular formula is C23H24N4O4S. The summed E-state index contributed by atoms with van der Waals surface area (Å²) in [4.78, 5) is 22.4. The number of terminal acetylenes is 1. The van der Waals surface area contributed by atoms with Gasteiger partial charge >= 0.3 is 0 Å². The van der Waals surface area contributed by atoms with Crippen molar-refractivity contribution >= 4 is 32.5 Å². The van der Waals surface area contributed by atoms with Crippen LogP contribution in [0, 0.1) is 19.3 Å². The number of pyridine rings is 1. The first kappa shape index (κ1) is 22.0. The van der Waals surface area contributed by atoms with E-state index in [1.165, 1.54) is 16.7 Å². The lowest BCUT2D eigenvalue weighted by molar-refractivity contribution is 0.0266. The highest BCUT2D eigenvalue weighted by Crippen LogP contribution is 2.39.